The molecule has 4 heterocycles. The van der Waals surface area contributed by atoms with E-state index in [0.717, 1.165) is 67.2 Å². The number of carbonyl (C=O) groups is 1. The molecular formula is C27H42N6O. The minimum atomic E-state index is 0.612. The molecule has 3 N–H and O–H groups in total. The van der Waals surface area contributed by atoms with E-state index in [1.165, 1.54) is 37.8 Å². The summed E-state index contributed by atoms with van der Waals surface area (Å²) < 4.78 is 0. The SMILES string of the molecule is CC.Cc1ccc(-c2ccc3c(n2)N(C)C2CCN3C2)cn1.NCC1CC1.O=CNCC1CC1. The van der Waals surface area contributed by atoms with Crippen LogP contribution in [0.5, 0.6) is 0 Å². The van der Waals surface area contributed by atoms with Crippen molar-refractivity contribution >= 4 is 17.9 Å². The Morgan fingerprint density at radius 3 is 2.38 bits per heavy atom. The minimum absolute atomic E-state index is 0.612. The van der Waals surface area contributed by atoms with Crippen molar-refractivity contribution in [2.75, 3.05) is 43.0 Å². The van der Waals surface area contributed by atoms with Crippen molar-refractivity contribution in [3.8, 4) is 11.3 Å². The number of likely N-dealkylation sites (N-methyl/N-ethyl adjacent to an activating group) is 1. The normalized spacial score (nSPS) is 19.4. The first-order valence-corrected chi connectivity index (χ1v) is 12.9. The second kappa shape index (κ2) is 12.7. The first-order chi connectivity index (χ1) is 16.6. The average Bonchev–Trinajstić information content (AvgIpc) is 3.82. The number of nitrogens with zero attached hydrogens (tertiary/aromatic N) is 4. The van der Waals surface area contributed by atoms with Gasteiger partial charge in [0.2, 0.25) is 6.41 Å². The highest BCUT2D eigenvalue weighted by Crippen LogP contribution is 2.38. The summed E-state index contributed by atoms with van der Waals surface area (Å²) >= 11 is 0. The summed E-state index contributed by atoms with van der Waals surface area (Å²) in [6, 6.07) is 9.05. The Balaban J connectivity index is 0.000000190. The van der Waals surface area contributed by atoms with Crippen molar-refractivity contribution in [2.24, 2.45) is 17.6 Å². The second-order valence-corrected chi connectivity index (χ2v) is 9.38. The first kappa shape index (κ1) is 25.9. The zero-order valence-electron chi connectivity index (χ0n) is 21.3. The highest BCUT2D eigenvalue weighted by Gasteiger charge is 2.34. The van der Waals surface area contributed by atoms with Crippen molar-refractivity contribution in [3.63, 3.8) is 0 Å². The Morgan fingerprint density at radius 2 is 1.82 bits per heavy atom. The van der Waals surface area contributed by atoms with Crippen LogP contribution in [0.2, 0.25) is 0 Å². The number of aromatic nitrogens is 2. The molecule has 0 aromatic carbocycles. The van der Waals surface area contributed by atoms with Crippen molar-refractivity contribution in [1.29, 1.82) is 0 Å². The lowest BCUT2D eigenvalue weighted by Gasteiger charge is -2.34. The predicted octanol–water partition coefficient (Wildman–Crippen LogP) is 4.00. The third-order valence-corrected chi connectivity index (χ3v) is 6.66. The van der Waals surface area contributed by atoms with E-state index < -0.39 is 0 Å². The molecule has 2 aliphatic heterocycles. The number of hydrogen-bond acceptors (Lipinski definition) is 6. The van der Waals surface area contributed by atoms with Crippen molar-refractivity contribution < 1.29 is 4.79 Å². The van der Waals surface area contributed by atoms with Crippen LogP contribution in [-0.2, 0) is 4.79 Å². The van der Waals surface area contributed by atoms with Gasteiger partial charge in [0, 0.05) is 50.2 Å². The highest BCUT2D eigenvalue weighted by molar-refractivity contribution is 5.75. The Bertz CT molecular complexity index is 894. The van der Waals surface area contributed by atoms with Crippen LogP contribution in [0.25, 0.3) is 11.3 Å². The summed E-state index contributed by atoms with van der Waals surface area (Å²) in [5.41, 5.74) is 9.63. The fourth-order valence-electron chi connectivity index (χ4n) is 4.07. The van der Waals surface area contributed by atoms with Crippen LogP contribution in [0, 0.1) is 18.8 Å². The summed E-state index contributed by atoms with van der Waals surface area (Å²) in [6.45, 7) is 10.1. The van der Waals surface area contributed by atoms with Crippen LogP contribution in [0.4, 0.5) is 11.5 Å². The van der Waals surface area contributed by atoms with Crippen LogP contribution in [0.15, 0.2) is 30.5 Å². The average molecular weight is 467 g/mol. The molecule has 4 aliphatic rings. The predicted molar refractivity (Wildman–Crippen MR) is 141 cm³/mol. The molecule has 3 fully saturated rings. The maximum atomic E-state index is 9.63. The van der Waals surface area contributed by atoms with Gasteiger partial charge in [-0.1, -0.05) is 13.8 Å². The molecule has 1 saturated heterocycles. The van der Waals surface area contributed by atoms with Gasteiger partial charge in [0.25, 0.3) is 0 Å². The Morgan fingerprint density at radius 1 is 1.09 bits per heavy atom. The number of carbonyl (C=O) groups excluding carboxylic acids is 1. The second-order valence-electron chi connectivity index (χ2n) is 9.38. The third kappa shape index (κ3) is 7.16. The fraction of sp³-hybridized carbons (Fsp3) is 0.593. The molecular weight excluding hydrogens is 424 g/mol. The summed E-state index contributed by atoms with van der Waals surface area (Å²) in [7, 11) is 2.16. The number of hydrogen-bond donors (Lipinski definition) is 2. The Kier molecular flexibility index (Phi) is 9.69. The molecule has 0 radical (unpaired) electrons. The van der Waals surface area contributed by atoms with E-state index >= 15 is 0 Å². The van der Waals surface area contributed by atoms with Crippen LogP contribution in [0.3, 0.4) is 0 Å². The lowest BCUT2D eigenvalue weighted by molar-refractivity contribution is -0.109. The van der Waals surface area contributed by atoms with Gasteiger partial charge in [-0.05, 0) is 81.7 Å². The number of nitrogens with two attached hydrogens (primary N) is 1. The van der Waals surface area contributed by atoms with E-state index in [4.69, 9.17) is 10.7 Å². The molecule has 0 spiro atoms. The zero-order valence-corrected chi connectivity index (χ0v) is 21.3. The zero-order chi connectivity index (χ0) is 24.5. The molecule has 2 aliphatic carbocycles. The van der Waals surface area contributed by atoms with Gasteiger partial charge in [-0.25, -0.2) is 4.98 Å². The molecule has 2 aromatic heterocycles. The molecule has 2 saturated carbocycles. The number of fused-ring (bicyclic) bond motifs is 4. The van der Waals surface area contributed by atoms with E-state index in [0.29, 0.717) is 6.04 Å². The van der Waals surface area contributed by atoms with Crippen LogP contribution in [0.1, 0.15) is 51.6 Å². The largest absolute Gasteiger partial charge is 0.366 e. The maximum absolute atomic E-state index is 9.63. The van der Waals surface area contributed by atoms with Crippen LogP contribution < -0.4 is 20.9 Å². The molecule has 1 atom stereocenters. The standard InChI is InChI=1S/C16H18N4.C5H9NO.C4H9N.C2H6/c1-11-3-4-12(9-17-11)14-5-6-15-16(18-14)19(2)13-7-8-20(15)10-13;7-4-6-3-5-1-2-5;5-3-4-1-2-4;1-2/h3-6,9,13H,7-8,10H2,1-2H3;4-5H,1-3H2,(H,6,7);4H,1-3,5H2;1-2H3. The van der Waals surface area contributed by atoms with E-state index in [1.54, 1.807) is 0 Å². The van der Waals surface area contributed by atoms with E-state index in [-0.39, 0.29) is 0 Å². The van der Waals surface area contributed by atoms with Gasteiger partial charge in [-0.2, -0.15) is 0 Å². The lowest BCUT2D eigenvalue weighted by Crippen LogP contribution is -2.40. The van der Waals surface area contributed by atoms with Gasteiger partial charge in [0.05, 0.1) is 11.4 Å². The van der Waals surface area contributed by atoms with Gasteiger partial charge in [-0.3, -0.25) is 9.78 Å². The molecule has 186 valence electrons. The third-order valence-electron chi connectivity index (χ3n) is 6.66. The Labute approximate surface area is 205 Å². The quantitative estimate of drug-likeness (QED) is 0.648. The summed E-state index contributed by atoms with van der Waals surface area (Å²) in [4.78, 5) is 23.7. The van der Waals surface area contributed by atoms with E-state index in [2.05, 4.69) is 45.3 Å². The fourth-order valence-corrected chi connectivity index (χ4v) is 4.07. The summed E-state index contributed by atoms with van der Waals surface area (Å²) in [6.07, 6.45) is 9.28. The minimum Gasteiger partial charge on any atom is -0.366 e. The number of amides is 1. The molecule has 34 heavy (non-hydrogen) atoms. The smallest absolute Gasteiger partial charge is 0.207 e. The lowest BCUT2D eigenvalue weighted by atomic mass is 10.1. The van der Waals surface area contributed by atoms with Crippen molar-refractivity contribution in [3.05, 3.63) is 36.2 Å². The van der Waals surface area contributed by atoms with E-state index in [9.17, 15) is 4.79 Å². The molecule has 6 rings (SSSR count). The van der Waals surface area contributed by atoms with E-state index in [1.807, 2.05) is 33.0 Å². The topological polar surface area (TPSA) is 87.4 Å². The monoisotopic (exact) mass is 466 g/mol. The van der Waals surface area contributed by atoms with Crippen LogP contribution >= 0.6 is 0 Å². The molecule has 7 heteroatoms. The Hall–Kier alpha value is -2.67. The summed E-state index contributed by atoms with van der Waals surface area (Å²) in [5.74, 6) is 2.83. The maximum Gasteiger partial charge on any atom is 0.207 e. The molecule has 2 aromatic rings. The highest BCUT2D eigenvalue weighted by atomic mass is 16.1. The van der Waals surface area contributed by atoms with Crippen LogP contribution in [-0.4, -0.2) is 55.6 Å². The van der Waals surface area contributed by atoms with Gasteiger partial charge in [0.1, 0.15) is 0 Å². The molecule has 1 unspecified atom stereocenters. The molecule has 1 amide bonds. The molecule has 7 nitrogen and oxygen atoms in total. The number of pyridine rings is 2. The number of anilines is 2. The van der Waals surface area contributed by atoms with Gasteiger partial charge in [-0.15, -0.1) is 0 Å². The van der Waals surface area contributed by atoms with Gasteiger partial charge >= 0.3 is 0 Å². The number of rotatable bonds is 5. The summed E-state index contributed by atoms with van der Waals surface area (Å²) in [5, 5.41) is 2.63. The van der Waals surface area contributed by atoms with Crippen molar-refractivity contribution in [2.45, 2.75) is 58.9 Å². The first-order valence-electron chi connectivity index (χ1n) is 12.9. The number of nitrogens with one attached hydrogen (secondary N) is 1. The molecule has 2 bridgehead atoms. The van der Waals surface area contributed by atoms with Crippen molar-refractivity contribution in [1.82, 2.24) is 15.3 Å². The van der Waals surface area contributed by atoms with Gasteiger partial charge in [0.15, 0.2) is 5.82 Å². The van der Waals surface area contributed by atoms with Gasteiger partial charge < -0.3 is 20.9 Å². The number of aryl methyl sites for hydroxylation is 1.